The van der Waals surface area contributed by atoms with Gasteiger partial charge in [0, 0.05) is 0 Å². The summed E-state index contributed by atoms with van der Waals surface area (Å²) < 4.78 is 235. The van der Waals surface area contributed by atoms with Gasteiger partial charge in [-0.2, -0.15) is 68.8 Å². The van der Waals surface area contributed by atoms with Crippen molar-refractivity contribution in [1.82, 2.24) is 0 Å². The molecule has 5 saturated carbocycles. The number of halogens is 8. The summed E-state index contributed by atoms with van der Waals surface area (Å²) in [4.78, 5) is 60.0. The predicted octanol–water partition coefficient (Wildman–Crippen LogP) is 24.1. The van der Waals surface area contributed by atoms with Crippen molar-refractivity contribution >= 4 is 108 Å². The van der Waals surface area contributed by atoms with Crippen molar-refractivity contribution in [3.8, 4) is 0 Å². The third-order valence-corrected chi connectivity index (χ3v) is 34.9. The van der Waals surface area contributed by atoms with Crippen LogP contribution < -0.4 is 0 Å². The van der Waals surface area contributed by atoms with E-state index in [-0.39, 0.29) is 74.9 Å². The molecule has 5 aliphatic carbocycles. The number of aliphatic hydroxyl groups excluding tert-OH is 1. The first kappa shape index (κ1) is 116. The van der Waals surface area contributed by atoms with Crippen molar-refractivity contribution in [3.63, 3.8) is 0 Å². The summed E-state index contributed by atoms with van der Waals surface area (Å²) in [6, 6.07) is 136. The maximum atomic E-state index is 13.2. The molecule has 772 valence electrons. The molecule has 2 atom stereocenters. The molecule has 18 rings (SSSR count). The van der Waals surface area contributed by atoms with E-state index in [0.717, 1.165) is 44.9 Å². The van der Waals surface area contributed by atoms with Gasteiger partial charge in [0.15, 0.2) is 58.7 Å². The Morgan fingerprint density at radius 1 is 0.288 bits per heavy atom. The first-order chi connectivity index (χ1) is 69.6. The Morgan fingerprint density at radius 3 is 0.726 bits per heavy atom. The Bertz CT molecular complexity index is 5770. The Morgan fingerprint density at radius 2 is 0.500 bits per heavy atom. The monoisotopic (exact) mass is 2160 g/mol. The van der Waals surface area contributed by atoms with E-state index in [2.05, 4.69) is 378 Å². The van der Waals surface area contributed by atoms with Gasteiger partial charge in [-0.05, 0) is 233 Å². The Labute approximate surface area is 857 Å². The summed E-state index contributed by atoms with van der Waals surface area (Å²) in [5, 5.41) is -10.4. The van der Waals surface area contributed by atoms with E-state index in [1.807, 2.05) is 6.92 Å². The van der Waals surface area contributed by atoms with Crippen molar-refractivity contribution < 1.29 is 130 Å². The van der Waals surface area contributed by atoms with Crippen molar-refractivity contribution in [1.29, 1.82) is 0 Å². The number of benzene rings is 13. The van der Waals surface area contributed by atoms with Crippen LogP contribution >= 0.6 is 0 Å². The molecule has 0 saturated heterocycles. The lowest BCUT2D eigenvalue weighted by atomic mass is 9.55. The summed E-state index contributed by atoms with van der Waals surface area (Å²) in [6.07, 6.45) is 6.24. The highest BCUT2D eigenvalue weighted by Gasteiger charge is 2.59. The zero-order chi connectivity index (χ0) is 106. The molecule has 0 radical (unpaired) electrons. The minimum Gasteiger partial charge on any atom is -0.460 e. The molecule has 0 aromatic heterocycles. The largest absolute Gasteiger partial charge is 0.465 e. The van der Waals surface area contributed by atoms with Crippen LogP contribution in [0.3, 0.4) is 0 Å². The van der Waals surface area contributed by atoms with Crippen LogP contribution in [-0.2, 0) is 129 Å². The number of hydrogen-bond acceptors (Lipinski definition) is 17. The average molecular weight is 2160 g/mol. The fourth-order valence-corrected chi connectivity index (χ4v) is 25.5. The lowest BCUT2D eigenvalue weighted by Crippen LogP contribution is -2.52. The minimum absolute atomic E-state index is 0.0146. The van der Waals surface area contributed by atoms with Gasteiger partial charge in [-0.1, -0.05) is 281 Å². The van der Waals surface area contributed by atoms with Crippen LogP contribution in [-0.4, -0.2) is 127 Å². The standard InChI is InChI=1S/4C18H15S.C12H16F2O5S.C9H8F2O5S.C8H12F2O6S.C8H14F2O5S/c4*1-4-10-16(11-5-1)19(17-12-6-2-7-13-17)18-14-8-3-9-15-18;13-12(14,20(16,17)18)11(15)19-10-8-2-6-1-7(4-8)5-9(10)3-6;10-9(11,17(13,14)15)8(12)16-6-7-4-2-1-3-5-7;9-8(10,17(13,14)15)7(12)16-6-4-2-1-3-5(6)11;1-2-3-4-5-6-15-7(11)8(9,10)16(12,13)14/h4*1-15H;6-10H,1-5H2,(H,16,17,18);1-5H,6H2,(H,13,14,15);5-6,11H,1-4H2,(H,13,14,15);2-6H2,1H3,(H,12,13,14)/q4*+1;;;;. The zero-order valence-electron chi connectivity index (χ0n) is 78.7. The van der Waals surface area contributed by atoms with Gasteiger partial charge in [0.2, 0.25) is 0 Å². The van der Waals surface area contributed by atoms with Gasteiger partial charge in [-0.15, -0.1) is 0 Å². The Hall–Kier alpha value is -11.8. The Kier molecular flexibility index (Phi) is 44.4. The summed E-state index contributed by atoms with van der Waals surface area (Å²) in [7, 11) is -23.3. The van der Waals surface area contributed by atoms with Gasteiger partial charge in [-0.3, -0.25) is 18.2 Å². The van der Waals surface area contributed by atoms with Gasteiger partial charge in [-0.25, -0.2) is 19.2 Å². The van der Waals surface area contributed by atoms with Crippen molar-refractivity contribution in [3.05, 3.63) is 400 Å². The van der Waals surface area contributed by atoms with E-state index in [0.29, 0.717) is 43.1 Å². The highest BCUT2D eigenvalue weighted by atomic mass is 32.2. The topological polar surface area (TPSA) is 343 Å². The molecule has 13 aromatic carbocycles. The van der Waals surface area contributed by atoms with E-state index in [4.69, 9.17) is 22.9 Å². The van der Waals surface area contributed by atoms with Gasteiger partial charge in [0.05, 0.1) is 56.3 Å². The molecular formula is C109H110F8O21S8+4. The fourth-order valence-electron chi connectivity index (χ4n) is 16.0. The van der Waals surface area contributed by atoms with Crippen molar-refractivity contribution in [2.45, 2.75) is 195 Å². The molecule has 4 bridgehead atoms. The first-order valence-corrected chi connectivity index (χ1v) is 56.7. The van der Waals surface area contributed by atoms with Crippen LogP contribution in [0.1, 0.15) is 96.0 Å². The molecule has 2 unspecified atom stereocenters. The number of carbonyl (C=O) groups excluding carboxylic acids is 4. The molecule has 13 aromatic rings. The predicted molar refractivity (Wildman–Crippen MR) is 545 cm³/mol. The molecule has 5 N–H and O–H groups in total. The number of hydrogen-bond donors (Lipinski definition) is 5. The number of rotatable bonds is 29. The van der Waals surface area contributed by atoms with Crippen molar-refractivity contribution in [2.75, 3.05) is 6.61 Å². The summed E-state index contributed by atoms with van der Waals surface area (Å²) in [5.41, 5.74) is 0.409. The van der Waals surface area contributed by atoms with E-state index in [1.165, 1.54) is 70.9 Å². The number of unbranched alkanes of at least 4 members (excludes halogenated alkanes) is 3. The quantitative estimate of drug-likeness (QED) is 0.00726. The second-order valence-electron chi connectivity index (χ2n) is 33.3. The number of aliphatic hydroxyl groups is 1. The van der Waals surface area contributed by atoms with Crippen LogP contribution in [0.5, 0.6) is 0 Å². The van der Waals surface area contributed by atoms with Gasteiger partial charge < -0.3 is 24.1 Å². The number of esters is 4. The van der Waals surface area contributed by atoms with Crippen LogP contribution in [0.2, 0.25) is 0 Å². The molecule has 0 spiro atoms. The van der Waals surface area contributed by atoms with Crippen LogP contribution in [0.15, 0.2) is 453 Å². The number of ether oxygens (including phenoxy) is 4. The fraction of sp³-hybridized carbons (Fsp3) is 0.248. The van der Waals surface area contributed by atoms with Crippen LogP contribution in [0, 0.1) is 23.7 Å². The molecule has 5 fully saturated rings. The highest BCUT2D eigenvalue weighted by Crippen LogP contribution is 2.55. The third kappa shape index (κ3) is 33.9. The first-order valence-electron chi connectivity index (χ1n) is 46.1. The van der Waals surface area contributed by atoms with Gasteiger partial charge in [0.25, 0.3) is 0 Å². The van der Waals surface area contributed by atoms with Gasteiger partial charge >= 0.3 is 85.4 Å². The molecule has 0 aliphatic heterocycles. The summed E-state index contributed by atoms with van der Waals surface area (Å²) in [6.45, 7) is 1.15. The minimum atomic E-state index is -5.86. The second-order valence-corrected chi connectivity index (χ2v) is 47.3. The molecule has 37 heteroatoms. The third-order valence-electron chi connectivity index (χ3n) is 22.7. The normalized spacial score (nSPS) is 16.8. The Balaban J connectivity index is 0.000000171. The summed E-state index contributed by atoms with van der Waals surface area (Å²) >= 11 is 0. The van der Waals surface area contributed by atoms with Gasteiger partial charge in [0.1, 0.15) is 18.8 Å². The summed E-state index contributed by atoms with van der Waals surface area (Å²) in [5.74, 6) is -7.83. The molecule has 0 heterocycles. The second kappa shape index (κ2) is 55.8. The van der Waals surface area contributed by atoms with Crippen molar-refractivity contribution in [2.24, 2.45) is 23.7 Å². The van der Waals surface area contributed by atoms with E-state index < -0.39 is 110 Å². The molecular weight excluding hydrogens is 2050 g/mol. The number of alkyl halides is 8. The maximum Gasteiger partial charge on any atom is 0.465 e. The number of carbonyl (C=O) groups is 4. The molecule has 146 heavy (non-hydrogen) atoms. The molecule has 0 amide bonds. The SMILES string of the molecule is CCCCCCOC(=O)C(F)(F)S(=O)(=O)O.O=C(OC1C2CC3CC(C2)CC1C3)C(F)(F)S(=O)(=O)O.O=C(OC1CCCCC1O)C(F)(F)S(=O)(=O)O.O=C(OCc1ccccc1)C(F)(F)S(=O)(=O)O.c1ccc([S+](c2ccccc2)c2ccccc2)cc1.c1ccc([S+](c2ccccc2)c2ccccc2)cc1.c1ccc([S+](c2ccccc2)c2ccccc2)cc1.c1ccc([S+](c2ccccc2)c2ccccc2)cc1. The highest BCUT2D eigenvalue weighted by molar-refractivity contribution is 7.98. The lowest BCUT2D eigenvalue weighted by molar-refractivity contribution is -0.186. The van der Waals surface area contributed by atoms with Crippen LogP contribution in [0.4, 0.5) is 35.1 Å². The van der Waals surface area contributed by atoms with E-state index in [9.17, 15) is 93.1 Å². The van der Waals surface area contributed by atoms with E-state index in [1.54, 1.807) is 18.2 Å². The smallest absolute Gasteiger partial charge is 0.460 e. The lowest BCUT2D eigenvalue weighted by Gasteiger charge is -2.53. The zero-order valence-corrected chi connectivity index (χ0v) is 85.3. The maximum absolute atomic E-state index is 13.2. The molecule has 21 nitrogen and oxygen atoms in total. The van der Waals surface area contributed by atoms with E-state index >= 15 is 0 Å². The molecule has 5 aliphatic rings. The average Bonchev–Trinajstić information content (AvgIpc) is 0.752. The van der Waals surface area contributed by atoms with Crippen LogP contribution in [0.25, 0.3) is 0 Å².